The van der Waals surface area contributed by atoms with E-state index in [-0.39, 0.29) is 0 Å². The van der Waals surface area contributed by atoms with Gasteiger partial charge in [0.15, 0.2) is 5.82 Å². The van der Waals surface area contributed by atoms with Crippen molar-refractivity contribution >= 4 is 17.4 Å². The van der Waals surface area contributed by atoms with Crippen molar-refractivity contribution < 1.29 is 9.47 Å². The largest absolute Gasteiger partial charge is 0.497 e. The Kier molecular flexibility index (Phi) is 5.78. The Morgan fingerprint density at radius 1 is 1.19 bits per heavy atom. The Balaban J connectivity index is 1.93. The van der Waals surface area contributed by atoms with Gasteiger partial charge in [-0.15, -0.1) is 0 Å². The van der Waals surface area contributed by atoms with Crippen LogP contribution < -0.4 is 10.1 Å². The van der Waals surface area contributed by atoms with Gasteiger partial charge in [-0.2, -0.15) is 0 Å². The molecule has 1 N–H and O–H groups in total. The minimum absolute atomic E-state index is 0.338. The molecule has 0 radical (unpaired) electrons. The number of anilines is 1. The number of hydrogen-bond acceptors (Lipinski definition) is 5. The highest BCUT2D eigenvalue weighted by atomic mass is 35.5. The molecule has 0 saturated heterocycles. The van der Waals surface area contributed by atoms with Crippen LogP contribution in [0.1, 0.15) is 11.4 Å². The Bertz CT molecular complexity index is 593. The van der Waals surface area contributed by atoms with E-state index in [4.69, 9.17) is 21.1 Å². The van der Waals surface area contributed by atoms with Gasteiger partial charge in [-0.25, -0.2) is 9.97 Å². The fourth-order valence-electron chi connectivity index (χ4n) is 1.91. The van der Waals surface area contributed by atoms with E-state index >= 15 is 0 Å². The minimum atomic E-state index is 0.338. The lowest BCUT2D eigenvalue weighted by Crippen LogP contribution is -2.08. The Morgan fingerprint density at radius 2 is 2.05 bits per heavy atom. The summed E-state index contributed by atoms with van der Waals surface area (Å²) in [5, 5.41) is 3.64. The molecule has 0 spiro atoms. The molecule has 112 valence electrons. The highest BCUT2D eigenvalue weighted by molar-refractivity contribution is 6.29. The molecular formula is C15H18ClN3O2. The van der Waals surface area contributed by atoms with Crippen LogP contribution in [0, 0.1) is 0 Å². The van der Waals surface area contributed by atoms with Gasteiger partial charge < -0.3 is 14.8 Å². The van der Waals surface area contributed by atoms with Crippen molar-refractivity contribution in [2.24, 2.45) is 0 Å². The maximum atomic E-state index is 5.96. The summed E-state index contributed by atoms with van der Waals surface area (Å²) < 4.78 is 10.2. The molecule has 0 unspecified atom stereocenters. The van der Waals surface area contributed by atoms with Gasteiger partial charge in [-0.1, -0.05) is 23.7 Å². The van der Waals surface area contributed by atoms with Crippen molar-refractivity contribution in [3.05, 3.63) is 46.9 Å². The van der Waals surface area contributed by atoms with E-state index in [0.717, 1.165) is 18.7 Å². The topological polar surface area (TPSA) is 56.3 Å². The van der Waals surface area contributed by atoms with Crippen LogP contribution in [0.3, 0.4) is 0 Å². The van der Waals surface area contributed by atoms with Gasteiger partial charge in [-0.05, 0) is 24.1 Å². The standard InChI is InChI=1S/C15H18ClN3O2/c1-20-10-15-18-13(16)9-14(19-15)17-7-6-11-4-3-5-12(8-11)21-2/h3-5,8-9H,6-7,10H2,1-2H3,(H,17,18,19). The van der Waals surface area contributed by atoms with Gasteiger partial charge in [0.2, 0.25) is 0 Å². The van der Waals surface area contributed by atoms with E-state index < -0.39 is 0 Å². The SMILES string of the molecule is COCc1nc(Cl)cc(NCCc2cccc(OC)c2)n1. The van der Waals surface area contributed by atoms with Gasteiger partial charge in [-0.3, -0.25) is 0 Å². The predicted octanol–water partition coefficient (Wildman–Crippen LogP) is 2.94. The number of hydrogen-bond donors (Lipinski definition) is 1. The van der Waals surface area contributed by atoms with Crippen molar-refractivity contribution in [2.75, 3.05) is 26.1 Å². The summed E-state index contributed by atoms with van der Waals surface area (Å²) in [6.45, 7) is 1.08. The molecule has 0 fully saturated rings. The lowest BCUT2D eigenvalue weighted by atomic mass is 10.1. The first-order valence-electron chi connectivity index (χ1n) is 6.60. The molecule has 1 heterocycles. The average molecular weight is 308 g/mol. The molecule has 0 bridgehead atoms. The number of ether oxygens (including phenoxy) is 2. The molecule has 5 nitrogen and oxygen atoms in total. The Morgan fingerprint density at radius 3 is 2.81 bits per heavy atom. The third-order valence-corrected chi connectivity index (χ3v) is 3.06. The monoisotopic (exact) mass is 307 g/mol. The van der Waals surface area contributed by atoms with Gasteiger partial charge in [0.1, 0.15) is 23.3 Å². The number of nitrogens with zero attached hydrogens (tertiary/aromatic N) is 2. The molecule has 2 aromatic rings. The molecule has 0 amide bonds. The second-order valence-corrected chi connectivity index (χ2v) is 4.84. The summed E-state index contributed by atoms with van der Waals surface area (Å²) in [6, 6.07) is 9.69. The number of nitrogens with one attached hydrogen (secondary N) is 1. The van der Waals surface area contributed by atoms with Crippen molar-refractivity contribution in [1.82, 2.24) is 9.97 Å². The third kappa shape index (κ3) is 4.88. The number of halogens is 1. The maximum absolute atomic E-state index is 5.96. The fraction of sp³-hybridized carbons (Fsp3) is 0.333. The average Bonchev–Trinajstić information content (AvgIpc) is 2.47. The van der Waals surface area contributed by atoms with Crippen molar-refractivity contribution in [1.29, 1.82) is 0 Å². The fourth-order valence-corrected chi connectivity index (χ4v) is 2.11. The molecule has 0 saturated carbocycles. The normalized spacial score (nSPS) is 10.4. The highest BCUT2D eigenvalue weighted by Gasteiger charge is 2.03. The van der Waals surface area contributed by atoms with E-state index in [2.05, 4.69) is 21.4 Å². The number of rotatable bonds is 7. The first-order chi connectivity index (χ1) is 10.2. The van der Waals surface area contributed by atoms with Crippen molar-refractivity contribution in [3.8, 4) is 5.75 Å². The van der Waals surface area contributed by atoms with Crippen LogP contribution >= 0.6 is 11.6 Å². The number of aromatic nitrogens is 2. The summed E-state index contributed by atoms with van der Waals surface area (Å²) in [7, 11) is 3.26. The zero-order valence-corrected chi connectivity index (χ0v) is 12.9. The van der Waals surface area contributed by atoms with E-state index in [0.29, 0.717) is 23.4 Å². The second-order valence-electron chi connectivity index (χ2n) is 4.45. The molecular weight excluding hydrogens is 290 g/mol. The molecule has 0 aliphatic heterocycles. The number of methoxy groups -OCH3 is 2. The van der Waals surface area contributed by atoms with Crippen molar-refractivity contribution in [3.63, 3.8) is 0 Å². The third-order valence-electron chi connectivity index (χ3n) is 2.87. The quantitative estimate of drug-likeness (QED) is 0.797. The Labute approximate surface area is 129 Å². The van der Waals surface area contributed by atoms with Crippen LogP contribution in [-0.2, 0) is 17.8 Å². The summed E-state index contributed by atoms with van der Waals surface area (Å²) >= 11 is 5.96. The van der Waals surface area contributed by atoms with Crippen LogP contribution in [0.2, 0.25) is 5.15 Å². The second kappa shape index (κ2) is 7.81. The van der Waals surface area contributed by atoms with Crippen molar-refractivity contribution in [2.45, 2.75) is 13.0 Å². The lowest BCUT2D eigenvalue weighted by Gasteiger charge is -2.08. The van der Waals surface area contributed by atoms with E-state index in [1.54, 1.807) is 20.3 Å². The molecule has 2 rings (SSSR count). The van der Waals surface area contributed by atoms with Crippen LogP contribution in [0.4, 0.5) is 5.82 Å². The lowest BCUT2D eigenvalue weighted by molar-refractivity contribution is 0.178. The maximum Gasteiger partial charge on any atom is 0.158 e. The summed E-state index contributed by atoms with van der Waals surface area (Å²) in [5.74, 6) is 2.12. The number of benzene rings is 1. The smallest absolute Gasteiger partial charge is 0.158 e. The van der Waals surface area contributed by atoms with E-state index in [1.165, 1.54) is 5.56 Å². The van der Waals surface area contributed by atoms with Crippen LogP contribution in [-0.4, -0.2) is 30.7 Å². The first-order valence-corrected chi connectivity index (χ1v) is 6.98. The van der Waals surface area contributed by atoms with E-state index in [1.807, 2.05) is 18.2 Å². The molecule has 0 atom stereocenters. The highest BCUT2D eigenvalue weighted by Crippen LogP contribution is 2.14. The zero-order valence-electron chi connectivity index (χ0n) is 12.1. The van der Waals surface area contributed by atoms with Gasteiger partial charge >= 0.3 is 0 Å². The van der Waals surface area contributed by atoms with Crippen LogP contribution in [0.5, 0.6) is 5.75 Å². The van der Waals surface area contributed by atoms with E-state index in [9.17, 15) is 0 Å². The van der Waals surface area contributed by atoms with Gasteiger partial charge in [0.05, 0.1) is 7.11 Å². The molecule has 6 heteroatoms. The molecule has 1 aromatic heterocycles. The van der Waals surface area contributed by atoms with Gasteiger partial charge in [0, 0.05) is 19.7 Å². The summed E-state index contributed by atoms with van der Waals surface area (Å²) in [4.78, 5) is 8.42. The van der Waals surface area contributed by atoms with Crippen LogP contribution in [0.25, 0.3) is 0 Å². The van der Waals surface area contributed by atoms with Crippen LogP contribution in [0.15, 0.2) is 30.3 Å². The first kappa shape index (κ1) is 15.5. The zero-order chi connectivity index (χ0) is 15.1. The molecule has 0 aliphatic rings. The minimum Gasteiger partial charge on any atom is -0.497 e. The molecule has 0 aliphatic carbocycles. The molecule has 21 heavy (non-hydrogen) atoms. The predicted molar refractivity (Wildman–Crippen MR) is 82.9 cm³/mol. The summed E-state index contributed by atoms with van der Waals surface area (Å²) in [5.41, 5.74) is 1.19. The summed E-state index contributed by atoms with van der Waals surface area (Å²) in [6.07, 6.45) is 0.860. The Hall–Kier alpha value is -1.85. The van der Waals surface area contributed by atoms with Gasteiger partial charge in [0.25, 0.3) is 0 Å². The molecule has 1 aromatic carbocycles.